The Balaban J connectivity index is 1.57. The van der Waals surface area contributed by atoms with Crippen LogP contribution >= 0.6 is 18.2 Å². The van der Waals surface area contributed by atoms with Crippen LogP contribution in [-0.4, -0.2) is 48.3 Å². The number of aromatic amines is 1. The fourth-order valence-electron chi connectivity index (χ4n) is 5.73. The fraction of sp³-hybridized carbons (Fsp3) is 0.371. The summed E-state index contributed by atoms with van der Waals surface area (Å²) in [7, 11) is 3.19. The molecule has 0 saturated carbocycles. The molecule has 2 heterocycles. The Morgan fingerprint density at radius 2 is 1.54 bits per heavy atom. The minimum atomic E-state index is -4.35. The van der Waals surface area contributed by atoms with Crippen molar-refractivity contribution < 1.29 is 32.9 Å². The van der Waals surface area contributed by atoms with Gasteiger partial charge in [-0.2, -0.15) is 0 Å². The SMILES string of the molecule is CCCCSP(=O)([O-])O[C@H]1C[C@H](n2cc(C)c(=O)[nH]c2=O)O[C@@H]1COC(c1ccccc1)(c1ccc(OC)cc1)c1ccc(OC)cc1. The second kappa shape index (κ2) is 15.7. The maximum Gasteiger partial charge on any atom is 0.330 e. The molecule has 1 aliphatic rings. The lowest BCUT2D eigenvalue weighted by molar-refractivity contribution is -0.196. The van der Waals surface area contributed by atoms with Crippen molar-refractivity contribution in [3.63, 3.8) is 0 Å². The average Bonchev–Trinajstić information content (AvgIpc) is 3.48. The number of nitrogens with one attached hydrogen (secondary N) is 1. The number of methoxy groups -OCH3 is 2. The van der Waals surface area contributed by atoms with Crippen LogP contribution in [0.2, 0.25) is 0 Å². The summed E-state index contributed by atoms with van der Waals surface area (Å²) in [5.74, 6) is 1.72. The second-order valence-corrected chi connectivity index (χ2v) is 15.3. The third-order valence-electron chi connectivity index (χ3n) is 8.29. The van der Waals surface area contributed by atoms with E-state index < -0.39 is 42.1 Å². The van der Waals surface area contributed by atoms with E-state index in [4.69, 9.17) is 23.5 Å². The molecular formula is C35H40N2O9PS-. The monoisotopic (exact) mass is 695 g/mol. The molecule has 0 amide bonds. The Kier molecular flexibility index (Phi) is 11.7. The van der Waals surface area contributed by atoms with Gasteiger partial charge in [0.2, 0.25) is 0 Å². The minimum absolute atomic E-state index is 0.0311. The second-order valence-electron chi connectivity index (χ2n) is 11.4. The molecule has 1 aromatic heterocycles. The number of ether oxygens (including phenoxy) is 4. The van der Waals surface area contributed by atoms with Crippen molar-refractivity contribution in [1.82, 2.24) is 9.55 Å². The van der Waals surface area contributed by atoms with Gasteiger partial charge in [-0.3, -0.25) is 18.9 Å². The van der Waals surface area contributed by atoms with Crippen molar-refractivity contribution in [3.05, 3.63) is 128 Å². The highest BCUT2D eigenvalue weighted by molar-refractivity contribution is 8.54. The molecule has 5 rings (SSSR count). The van der Waals surface area contributed by atoms with Crippen molar-refractivity contribution in [1.29, 1.82) is 0 Å². The Labute approximate surface area is 283 Å². The van der Waals surface area contributed by atoms with E-state index in [0.29, 0.717) is 29.2 Å². The highest BCUT2D eigenvalue weighted by atomic mass is 32.7. The first-order valence-electron chi connectivity index (χ1n) is 15.7. The molecule has 1 fully saturated rings. The number of H-pyrrole nitrogens is 1. The molecule has 11 nitrogen and oxygen atoms in total. The van der Waals surface area contributed by atoms with Gasteiger partial charge in [0.1, 0.15) is 29.4 Å². The van der Waals surface area contributed by atoms with Gasteiger partial charge in [0.15, 0.2) is 6.80 Å². The minimum Gasteiger partial charge on any atom is -0.770 e. The van der Waals surface area contributed by atoms with E-state index in [1.165, 1.54) is 10.8 Å². The van der Waals surface area contributed by atoms with Crippen molar-refractivity contribution in [2.45, 2.75) is 57.1 Å². The third kappa shape index (κ3) is 7.97. The van der Waals surface area contributed by atoms with Crippen molar-refractivity contribution in [2.75, 3.05) is 26.6 Å². The Hall–Kier alpha value is -3.64. The van der Waals surface area contributed by atoms with E-state index >= 15 is 0 Å². The van der Waals surface area contributed by atoms with Crippen molar-refractivity contribution in [3.8, 4) is 11.5 Å². The molecule has 48 heavy (non-hydrogen) atoms. The van der Waals surface area contributed by atoms with Crippen molar-refractivity contribution >= 4 is 18.2 Å². The molecule has 1 unspecified atom stereocenters. The maximum atomic E-state index is 13.1. The molecule has 0 radical (unpaired) electrons. The third-order valence-corrected chi connectivity index (χ3v) is 11.4. The van der Waals surface area contributed by atoms with Crippen LogP contribution in [0.15, 0.2) is 94.6 Å². The van der Waals surface area contributed by atoms with Gasteiger partial charge in [0, 0.05) is 23.9 Å². The molecule has 4 aromatic rings. The lowest BCUT2D eigenvalue weighted by Crippen LogP contribution is -2.38. The summed E-state index contributed by atoms with van der Waals surface area (Å²) in [6, 6.07) is 24.7. The van der Waals surface area contributed by atoms with E-state index in [-0.39, 0.29) is 13.0 Å². The number of rotatable bonds is 15. The predicted molar refractivity (Wildman–Crippen MR) is 183 cm³/mol. The van der Waals surface area contributed by atoms with Crippen LogP contribution in [0, 0.1) is 6.92 Å². The van der Waals surface area contributed by atoms with Gasteiger partial charge in [-0.15, -0.1) is 0 Å². The standard InChI is InChI=1S/C35H41N2O9PS/c1-5-6-20-48-47(40,41)46-30-21-32(37-22-24(2)33(38)36-34(37)39)45-31(30)23-44-35(25-10-8-7-9-11-25,26-12-16-28(42-3)17-13-26)27-14-18-29(43-4)19-15-27/h7-19,22,30-32H,5-6,20-21,23H2,1-4H3,(H,40,41)(H,36,38,39)/p-1/t30-,31+,32+/m0/s1. The molecule has 1 saturated heterocycles. The molecule has 3 aromatic carbocycles. The Bertz CT molecular complexity index is 1770. The number of unbranched alkanes of at least 4 members (excludes halogenated alkanes) is 1. The van der Waals surface area contributed by atoms with Gasteiger partial charge in [-0.25, -0.2) is 4.79 Å². The largest absolute Gasteiger partial charge is 0.770 e. The number of nitrogens with zero attached hydrogens (tertiary/aromatic N) is 1. The fourth-order valence-corrected chi connectivity index (χ4v) is 8.56. The first-order chi connectivity index (χ1) is 23.1. The smallest absolute Gasteiger partial charge is 0.330 e. The summed E-state index contributed by atoms with van der Waals surface area (Å²) in [5, 5.41) is 0. The zero-order valence-corrected chi connectivity index (χ0v) is 29.0. The molecule has 1 aliphatic heterocycles. The number of aromatic nitrogens is 2. The number of benzene rings is 3. The normalized spacial score (nSPS) is 19.1. The highest BCUT2D eigenvalue weighted by Gasteiger charge is 2.44. The molecule has 13 heteroatoms. The summed E-state index contributed by atoms with van der Waals surface area (Å²) >= 11 is 0.760. The zero-order valence-electron chi connectivity index (χ0n) is 27.3. The predicted octanol–water partition coefficient (Wildman–Crippen LogP) is 5.55. The van der Waals surface area contributed by atoms with Gasteiger partial charge in [0.25, 0.3) is 5.56 Å². The van der Waals surface area contributed by atoms with E-state index in [0.717, 1.165) is 34.5 Å². The number of aryl methyl sites for hydroxylation is 1. The van der Waals surface area contributed by atoms with Crippen LogP contribution in [0.3, 0.4) is 0 Å². The van der Waals surface area contributed by atoms with Crippen LogP contribution in [-0.2, 0) is 24.2 Å². The molecule has 0 spiro atoms. The van der Waals surface area contributed by atoms with E-state index in [1.54, 1.807) is 21.1 Å². The lowest BCUT2D eigenvalue weighted by Gasteiger charge is -2.37. The molecule has 4 atom stereocenters. The quantitative estimate of drug-likeness (QED) is 0.0957. The lowest BCUT2D eigenvalue weighted by atomic mass is 9.80. The summed E-state index contributed by atoms with van der Waals surface area (Å²) < 4.78 is 44.4. The molecular weight excluding hydrogens is 655 g/mol. The summed E-state index contributed by atoms with van der Waals surface area (Å²) in [5.41, 5.74) is 0.298. The topological polar surface area (TPSA) is 141 Å². The summed E-state index contributed by atoms with van der Waals surface area (Å²) in [6.45, 7) is -0.918. The van der Waals surface area contributed by atoms with E-state index in [9.17, 15) is 19.0 Å². The van der Waals surface area contributed by atoms with Gasteiger partial charge in [-0.1, -0.05) is 79.3 Å². The zero-order chi connectivity index (χ0) is 34.3. The van der Waals surface area contributed by atoms with E-state index in [2.05, 4.69) is 4.98 Å². The molecule has 256 valence electrons. The van der Waals surface area contributed by atoms with Gasteiger partial charge in [-0.05, 0) is 54.3 Å². The Morgan fingerprint density at radius 1 is 0.958 bits per heavy atom. The Morgan fingerprint density at radius 3 is 2.10 bits per heavy atom. The molecule has 0 aliphatic carbocycles. The average molecular weight is 696 g/mol. The van der Waals surface area contributed by atoms with Crippen LogP contribution in [0.1, 0.15) is 54.7 Å². The summed E-state index contributed by atoms with van der Waals surface area (Å²) in [6.07, 6.45) is 0.178. The first-order valence-corrected chi connectivity index (χ1v) is 18.8. The number of hydrogen-bond donors (Lipinski definition) is 1. The molecule has 0 bridgehead atoms. The first kappa shape index (κ1) is 35.7. The number of hydrogen-bond acceptors (Lipinski definition) is 10. The highest BCUT2D eigenvalue weighted by Crippen LogP contribution is 2.55. The van der Waals surface area contributed by atoms with Gasteiger partial charge < -0.3 is 28.4 Å². The van der Waals surface area contributed by atoms with Crippen LogP contribution < -0.4 is 25.6 Å². The summed E-state index contributed by atoms with van der Waals surface area (Å²) in [4.78, 5) is 40.4. The van der Waals surface area contributed by atoms with Crippen LogP contribution in [0.5, 0.6) is 11.5 Å². The van der Waals surface area contributed by atoms with Gasteiger partial charge in [0.05, 0.1) is 26.9 Å². The van der Waals surface area contributed by atoms with Crippen LogP contribution in [0.4, 0.5) is 0 Å². The maximum absolute atomic E-state index is 13.1. The molecule has 1 N–H and O–H groups in total. The van der Waals surface area contributed by atoms with Crippen LogP contribution in [0.25, 0.3) is 0 Å². The van der Waals surface area contributed by atoms with Gasteiger partial charge >= 0.3 is 5.69 Å². The van der Waals surface area contributed by atoms with E-state index in [1.807, 2.05) is 85.8 Å². The van der Waals surface area contributed by atoms with Crippen molar-refractivity contribution in [2.24, 2.45) is 0 Å².